The van der Waals surface area contributed by atoms with Crippen molar-refractivity contribution in [2.45, 2.75) is 13.0 Å². The number of hydrogen-bond donors (Lipinski definition) is 2. The van der Waals surface area contributed by atoms with Gasteiger partial charge in [-0.25, -0.2) is 0 Å². The Morgan fingerprint density at radius 2 is 2.11 bits per heavy atom. The first kappa shape index (κ1) is 13.9. The Hall–Kier alpha value is -1.53. The van der Waals surface area contributed by atoms with Gasteiger partial charge in [-0.2, -0.15) is 0 Å². The van der Waals surface area contributed by atoms with Gasteiger partial charge in [0.15, 0.2) is 16.6 Å². The van der Waals surface area contributed by atoms with Gasteiger partial charge in [-0.1, -0.05) is 0 Å². The number of benzene rings is 1. The SMILES string of the molecule is COCC(C)NC(=S)Nc1ccc2c(c1)OCCO2. The Kier molecular flexibility index (Phi) is 4.81. The van der Waals surface area contributed by atoms with Crippen molar-refractivity contribution in [1.29, 1.82) is 0 Å². The third-order valence-electron chi connectivity index (χ3n) is 2.59. The van der Waals surface area contributed by atoms with Gasteiger partial charge in [0, 0.05) is 24.9 Å². The fraction of sp³-hybridized carbons (Fsp3) is 0.462. The highest BCUT2D eigenvalue weighted by Gasteiger charge is 2.12. The molecule has 0 fully saturated rings. The first-order chi connectivity index (χ1) is 9.19. The van der Waals surface area contributed by atoms with Crippen molar-refractivity contribution in [2.24, 2.45) is 0 Å². The molecule has 1 aromatic rings. The van der Waals surface area contributed by atoms with Crippen molar-refractivity contribution < 1.29 is 14.2 Å². The zero-order valence-corrected chi connectivity index (χ0v) is 11.9. The average Bonchev–Trinajstić information content (AvgIpc) is 2.38. The summed E-state index contributed by atoms with van der Waals surface area (Å²) in [5.41, 5.74) is 0.867. The van der Waals surface area contributed by atoms with Crippen molar-refractivity contribution in [3.8, 4) is 11.5 Å². The molecule has 1 aliphatic heterocycles. The molecule has 0 saturated heterocycles. The molecule has 19 heavy (non-hydrogen) atoms. The molecule has 1 heterocycles. The largest absolute Gasteiger partial charge is 0.486 e. The monoisotopic (exact) mass is 282 g/mol. The number of thiocarbonyl (C=S) groups is 1. The second-order valence-corrected chi connectivity index (χ2v) is 4.72. The molecule has 0 aliphatic carbocycles. The van der Waals surface area contributed by atoms with E-state index in [0.717, 1.165) is 17.2 Å². The first-order valence-corrected chi connectivity index (χ1v) is 6.56. The molecule has 5 nitrogen and oxygen atoms in total. The van der Waals surface area contributed by atoms with Gasteiger partial charge >= 0.3 is 0 Å². The fourth-order valence-electron chi connectivity index (χ4n) is 1.80. The minimum atomic E-state index is 0.155. The van der Waals surface area contributed by atoms with E-state index in [1.54, 1.807) is 7.11 Å². The van der Waals surface area contributed by atoms with Gasteiger partial charge in [-0.3, -0.25) is 0 Å². The number of fused-ring (bicyclic) bond motifs is 1. The number of anilines is 1. The smallest absolute Gasteiger partial charge is 0.171 e. The van der Waals surface area contributed by atoms with E-state index in [2.05, 4.69) is 10.6 Å². The van der Waals surface area contributed by atoms with Crippen LogP contribution in [-0.2, 0) is 4.74 Å². The molecule has 1 unspecified atom stereocenters. The van der Waals surface area contributed by atoms with Crippen molar-refractivity contribution in [3.63, 3.8) is 0 Å². The summed E-state index contributed by atoms with van der Waals surface area (Å²) in [6.45, 7) is 3.77. The van der Waals surface area contributed by atoms with E-state index in [0.29, 0.717) is 24.9 Å². The van der Waals surface area contributed by atoms with E-state index < -0.39 is 0 Å². The number of nitrogens with one attached hydrogen (secondary N) is 2. The summed E-state index contributed by atoms with van der Waals surface area (Å²) in [6.07, 6.45) is 0. The molecule has 104 valence electrons. The van der Waals surface area contributed by atoms with Crippen LogP contribution in [0.25, 0.3) is 0 Å². The lowest BCUT2D eigenvalue weighted by molar-refractivity contribution is 0.171. The van der Waals surface area contributed by atoms with Crippen LogP contribution in [0.4, 0.5) is 5.69 Å². The minimum Gasteiger partial charge on any atom is -0.486 e. The predicted octanol–water partition coefficient (Wildman–Crippen LogP) is 1.78. The van der Waals surface area contributed by atoms with Crippen molar-refractivity contribution in [3.05, 3.63) is 18.2 Å². The standard InChI is InChI=1S/C13H18N2O3S/c1-9(8-16-2)14-13(19)15-10-3-4-11-12(7-10)18-6-5-17-11/h3-4,7,9H,5-6,8H2,1-2H3,(H2,14,15,19). The molecule has 0 radical (unpaired) electrons. The normalized spacial score (nSPS) is 14.6. The van der Waals surface area contributed by atoms with Gasteiger partial charge in [-0.15, -0.1) is 0 Å². The van der Waals surface area contributed by atoms with Crippen LogP contribution < -0.4 is 20.1 Å². The molecule has 0 aromatic heterocycles. The Labute approximate surface area is 118 Å². The third kappa shape index (κ3) is 3.97. The molecule has 6 heteroatoms. The Bertz CT molecular complexity index is 454. The van der Waals surface area contributed by atoms with Gasteiger partial charge in [0.05, 0.1) is 6.61 Å². The Morgan fingerprint density at radius 1 is 1.37 bits per heavy atom. The van der Waals surface area contributed by atoms with Gasteiger partial charge in [0.25, 0.3) is 0 Å². The van der Waals surface area contributed by atoms with E-state index in [1.165, 1.54) is 0 Å². The van der Waals surface area contributed by atoms with E-state index in [9.17, 15) is 0 Å². The lowest BCUT2D eigenvalue weighted by Gasteiger charge is -2.20. The molecule has 1 atom stereocenters. The fourth-order valence-corrected chi connectivity index (χ4v) is 2.12. The van der Waals surface area contributed by atoms with Crippen LogP contribution in [-0.4, -0.2) is 38.1 Å². The molecule has 2 rings (SSSR count). The van der Waals surface area contributed by atoms with Crippen LogP contribution in [0.2, 0.25) is 0 Å². The number of hydrogen-bond acceptors (Lipinski definition) is 4. The Balaban J connectivity index is 1.93. The van der Waals surface area contributed by atoms with Crippen LogP contribution in [0.5, 0.6) is 11.5 Å². The lowest BCUT2D eigenvalue weighted by Crippen LogP contribution is -2.38. The van der Waals surface area contributed by atoms with E-state index in [-0.39, 0.29) is 6.04 Å². The summed E-state index contributed by atoms with van der Waals surface area (Å²) < 4.78 is 16.0. The van der Waals surface area contributed by atoms with Crippen LogP contribution in [0, 0.1) is 0 Å². The maximum Gasteiger partial charge on any atom is 0.171 e. The van der Waals surface area contributed by atoms with Gasteiger partial charge in [0.2, 0.25) is 0 Å². The number of methoxy groups -OCH3 is 1. The molecule has 0 bridgehead atoms. The molecule has 0 saturated carbocycles. The van der Waals surface area contributed by atoms with E-state index in [4.69, 9.17) is 26.4 Å². The van der Waals surface area contributed by atoms with Crippen LogP contribution in [0.15, 0.2) is 18.2 Å². The second kappa shape index (κ2) is 6.58. The molecule has 2 N–H and O–H groups in total. The highest BCUT2D eigenvalue weighted by atomic mass is 32.1. The minimum absolute atomic E-state index is 0.155. The van der Waals surface area contributed by atoms with Crippen molar-refractivity contribution >= 4 is 23.0 Å². The molecule has 1 aliphatic rings. The third-order valence-corrected chi connectivity index (χ3v) is 2.81. The number of rotatable bonds is 4. The van der Waals surface area contributed by atoms with E-state index >= 15 is 0 Å². The maximum atomic E-state index is 5.52. The first-order valence-electron chi connectivity index (χ1n) is 6.15. The number of ether oxygens (including phenoxy) is 3. The lowest BCUT2D eigenvalue weighted by atomic mass is 10.2. The zero-order chi connectivity index (χ0) is 13.7. The van der Waals surface area contributed by atoms with Crippen molar-refractivity contribution in [2.75, 3.05) is 32.2 Å². The highest BCUT2D eigenvalue weighted by molar-refractivity contribution is 7.80. The highest BCUT2D eigenvalue weighted by Crippen LogP contribution is 2.32. The van der Waals surface area contributed by atoms with Crippen LogP contribution in [0.1, 0.15) is 6.92 Å². The van der Waals surface area contributed by atoms with Crippen LogP contribution in [0.3, 0.4) is 0 Å². The molecule has 0 spiro atoms. The second-order valence-electron chi connectivity index (χ2n) is 4.31. The summed E-state index contributed by atoms with van der Waals surface area (Å²) in [6, 6.07) is 5.81. The predicted molar refractivity (Wildman–Crippen MR) is 78.1 cm³/mol. The summed E-state index contributed by atoms with van der Waals surface area (Å²) >= 11 is 5.23. The summed E-state index contributed by atoms with van der Waals surface area (Å²) in [5.74, 6) is 1.51. The Morgan fingerprint density at radius 3 is 2.84 bits per heavy atom. The average molecular weight is 282 g/mol. The summed E-state index contributed by atoms with van der Waals surface area (Å²) in [7, 11) is 1.66. The molecular formula is C13H18N2O3S. The van der Waals surface area contributed by atoms with Crippen molar-refractivity contribution in [1.82, 2.24) is 5.32 Å². The molecule has 1 aromatic carbocycles. The summed E-state index contributed by atoms with van der Waals surface area (Å²) in [5, 5.41) is 6.80. The molecule has 0 amide bonds. The zero-order valence-electron chi connectivity index (χ0n) is 11.1. The summed E-state index contributed by atoms with van der Waals surface area (Å²) in [4.78, 5) is 0. The van der Waals surface area contributed by atoms with E-state index in [1.807, 2.05) is 25.1 Å². The topological polar surface area (TPSA) is 51.8 Å². The van der Waals surface area contributed by atoms with Gasteiger partial charge in [-0.05, 0) is 31.3 Å². The van der Waals surface area contributed by atoms with Gasteiger partial charge < -0.3 is 24.8 Å². The van der Waals surface area contributed by atoms with Crippen LogP contribution >= 0.6 is 12.2 Å². The van der Waals surface area contributed by atoms with Gasteiger partial charge in [0.1, 0.15) is 13.2 Å². The molecular weight excluding hydrogens is 264 g/mol. The maximum absolute atomic E-state index is 5.52. The quantitative estimate of drug-likeness (QED) is 0.821.